The van der Waals surface area contributed by atoms with Gasteiger partial charge in [-0.3, -0.25) is 0 Å². The highest BCUT2D eigenvalue weighted by atomic mass is 19.1. The number of benzene rings is 1. The lowest BCUT2D eigenvalue weighted by Crippen LogP contribution is -1.90. The lowest BCUT2D eigenvalue weighted by molar-refractivity contribution is 0.623. The van der Waals surface area contributed by atoms with Crippen LogP contribution in [-0.2, 0) is 0 Å². The highest BCUT2D eigenvalue weighted by molar-refractivity contribution is 5.68. The van der Waals surface area contributed by atoms with Gasteiger partial charge >= 0.3 is 0 Å². The molecule has 0 nitrogen and oxygen atoms in total. The topological polar surface area (TPSA) is 0 Å². The van der Waals surface area contributed by atoms with Crippen molar-refractivity contribution in [2.75, 3.05) is 0 Å². The summed E-state index contributed by atoms with van der Waals surface area (Å²) in [5, 5.41) is 0. The Balaban J connectivity index is 3.21. The molecule has 0 fully saturated rings. The molecule has 0 aliphatic rings. The monoisotopic (exact) mass is 178 g/mol. The molecule has 0 aliphatic heterocycles. The van der Waals surface area contributed by atoms with E-state index in [4.69, 9.17) is 0 Å². The van der Waals surface area contributed by atoms with Crippen LogP contribution in [0.25, 0.3) is 5.57 Å². The fourth-order valence-electron chi connectivity index (χ4n) is 1.52. The minimum Gasteiger partial charge on any atom is -0.206 e. The Morgan fingerprint density at radius 3 is 2.31 bits per heavy atom. The summed E-state index contributed by atoms with van der Waals surface area (Å²) in [6, 6.07) is 6.93. The van der Waals surface area contributed by atoms with Gasteiger partial charge in [0.25, 0.3) is 0 Å². The van der Waals surface area contributed by atoms with Crippen molar-refractivity contribution in [3.8, 4) is 0 Å². The molecule has 13 heavy (non-hydrogen) atoms. The number of halogens is 1. The van der Waals surface area contributed by atoms with Crippen molar-refractivity contribution >= 4 is 5.57 Å². The molecule has 0 aromatic heterocycles. The molecule has 0 spiro atoms. The maximum Gasteiger partial charge on any atom is 0.130 e. The molecule has 70 valence electrons. The van der Waals surface area contributed by atoms with Crippen LogP contribution in [0.3, 0.4) is 0 Å². The summed E-state index contributed by atoms with van der Waals surface area (Å²) in [7, 11) is 0. The van der Waals surface area contributed by atoms with E-state index in [-0.39, 0.29) is 5.82 Å². The minimum absolute atomic E-state index is 0.124. The van der Waals surface area contributed by atoms with Crippen molar-refractivity contribution < 1.29 is 4.39 Å². The van der Waals surface area contributed by atoms with E-state index in [0.717, 1.165) is 17.6 Å². The number of hydrogen-bond donors (Lipinski definition) is 0. The Kier molecular flexibility index (Phi) is 3.24. The van der Waals surface area contributed by atoms with Gasteiger partial charge in [-0.1, -0.05) is 30.7 Å². The summed E-state index contributed by atoms with van der Waals surface area (Å²) in [6.07, 6.45) is 0.878. The second-order valence-electron chi connectivity index (χ2n) is 3.31. The Labute approximate surface area is 79.1 Å². The molecule has 0 saturated heterocycles. The molecule has 0 amide bonds. The van der Waals surface area contributed by atoms with E-state index in [1.807, 2.05) is 26.0 Å². The van der Waals surface area contributed by atoms with Crippen LogP contribution in [0.4, 0.5) is 4.39 Å². The van der Waals surface area contributed by atoms with Gasteiger partial charge in [-0.25, -0.2) is 4.39 Å². The van der Waals surface area contributed by atoms with Crippen LogP contribution in [0.5, 0.6) is 0 Å². The highest BCUT2D eigenvalue weighted by Gasteiger charge is 2.05. The number of allylic oxidation sites excluding steroid dienone is 2. The second-order valence-corrected chi connectivity index (χ2v) is 3.31. The number of hydrogen-bond acceptors (Lipinski definition) is 0. The Morgan fingerprint density at radius 2 is 1.85 bits per heavy atom. The summed E-state index contributed by atoms with van der Waals surface area (Å²) in [5.41, 5.74) is 3.04. The molecule has 1 aromatic carbocycles. The molecule has 0 bridgehead atoms. The van der Waals surface area contributed by atoms with Gasteiger partial charge in [0, 0.05) is 5.56 Å². The largest absolute Gasteiger partial charge is 0.206 e. The smallest absolute Gasteiger partial charge is 0.130 e. The maximum atomic E-state index is 13.4. The number of rotatable bonds is 2. The van der Waals surface area contributed by atoms with Gasteiger partial charge in [-0.15, -0.1) is 0 Å². The van der Waals surface area contributed by atoms with E-state index in [0.29, 0.717) is 0 Å². The van der Waals surface area contributed by atoms with E-state index in [1.54, 1.807) is 6.07 Å². The van der Waals surface area contributed by atoms with Crippen molar-refractivity contribution in [2.24, 2.45) is 0 Å². The fraction of sp³-hybridized carbons (Fsp3) is 0.333. The first-order valence-corrected chi connectivity index (χ1v) is 4.58. The Morgan fingerprint density at radius 1 is 1.23 bits per heavy atom. The highest BCUT2D eigenvalue weighted by Crippen LogP contribution is 2.23. The van der Waals surface area contributed by atoms with Crippen molar-refractivity contribution in [2.45, 2.75) is 27.2 Å². The van der Waals surface area contributed by atoms with Crippen LogP contribution in [0.2, 0.25) is 0 Å². The molecule has 0 saturated carbocycles. The second kappa shape index (κ2) is 4.22. The van der Waals surface area contributed by atoms with Gasteiger partial charge in [-0.05, 0) is 31.9 Å². The summed E-state index contributed by atoms with van der Waals surface area (Å²) in [6.45, 7) is 6.09. The van der Waals surface area contributed by atoms with Crippen molar-refractivity contribution in [1.29, 1.82) is 0 Å². The predicted octanol–water partition coefficient (Wildman–Crippen LogP) is 4.03. The fourth-order valence-corrected chi connectivity index (χ4v) is 1.52. The first-order valence-electron chi connectivity index (χ1n) is 4.58. The average molecular weight is 178 g/mol. The van der Waals surface area contributed by atoms with Crippen molar-refractivity contribution in [3.63, 3.8) is 0 Å². The third kappa shape index (κ3) is 2.18. The molecule has 1 heteroatoms. The molecule has 1 aromatic rings. The summed E-state index contributed by atoms with van der Waals surface area (Å²) in [5.74, 6) is -0.124. The molecule has 0 aliphatic carbocycles. The van der Waals surface area contributed by atoms with Gasteiger partial charge in [0.1, 0.15) is 5.82 Å². The molecule has 0 unspecified atom stereocenters. The maximum absolute atomic E-state index is 13.4. The van der Waals surface area contributed by atoms with Gasteiger partial charge in [0.2, 0.25) is 0 Å². The van der Waals surface area contributed by atoms with E-state index in [2.05, 4.69) is 6.92 Å². The zero-order chi connectivity index (χ0) is 9.84. The van der Waals surface area contributed by atoms with Crippen LogP contribution in [-0.4, -0.2) is 0 Å². The Hall–Kier alpha value is -1.11. The minimum atomic E-state index is -0.124. The molecule has 0 atom stereocenters. The molecule has 0 radical (unpaired) electrons. The summed E-state index contributed by atoms with van der Waals surface area (Å²) in [4.78, 5) is 0. The average Bonchev–Trinajstić information content (AvgIpc) is 2.09. The van der Waals surface area contributed by atoms with Crippen LogP contribution in [0.1, 0.15) is 32.8 Å². The molecule has 0 heterocycles. The van der Waals surface area contributed by atoms with E-state index >= 15 is 0 Å². The van der Waals surface area contributed by atoms with Crippen molar-refractivity contribution in [1.82, 2.24) is 0 Å². The third-order valence-corrected chi connectivity index (χ3v) is 2.16. The van der Waals surface area contributed by atoms with Crippen LogP contribution in [0, 0.1) is 5.82 Å². The van der Waals surface area contributed by atoms with Gasteiger partial charge in [-0.2, -0.15) is 0 Å². The normalized spacial score (nSPS) is 9.85. The van der Waals surface area contributed by atoms with Gasteiger partial charge < -0.3 is 0 Å². The van der Waals surface area contributed by atoms with Crippen molar-refractivity contribution in [3.05, 3.63) is 41.2 Å². The molecular weight excluding hydrogens is 163 g/mol. The zero-order valence-corrected chi connectivity index (χ0v) is 8.39. The molecule has 1 rings (SSSR count). The quantitative estimate of drug-likeness (QED) is 0.641. The zero-order valence-electron chi connectivity index (χ0n) is 8.39. The summed E-state index contributed by atoms with van der Waals surface area (Å²) < 4.78 is 13.4. The SMILES string of the molecule is CCC(=C(C)C)c1ccccc1F. The van der Waals surface area contributed by atoms with E-state index < -0.39 is 0 Å². The lowest BCUT2D eigenvalue weighted by atomic mass is 9.99. The third-order valence-electron chi connectivity index (χ3n) is 2.16. The standard InChI is InChI=1S/C12H15F/c1-4-10(9(2)3)11-7-5-6-8-12(11)13/h5-8H,4H2,1-3H3. The van der Waals surface area contributed by atoms with Gasteiger partial charge in [0.15, 0.2) is 0 Å². The first-order chi connectivity index (χ1) is 6.16. The molecular formula is C12H15F. The summed E-state index contributed by atoms with van der Waals surface area (Å²) >= 11 is 0. The lowest BCUT2D eigenvalue weighted by Gasteiger charge is -2.08. The predicted molar refractivity (Wildman–Crippen MR) is 55.0 cm³/mol. The van der Waals surface area contributed by atoms with E-state index in [1.165, 1.54) is 11.6 Å². The first kappa shape index (κ1) is 9.97. The van der Waals surface area contributed by atoms with Gasteiger partial charge in [0.05, 0.1) is 0 Å². The Bertz CT molecular complexity index is 320. The van der Waals surface area contributed by atoms with Crippen LogP contribution in [0.15, 0.2) is 29.8 Å². The van der Waals surface area contributed by atoms with E-state index in [9.17, 15) is 4.39 Å². The van der Waals surface area contributed by atoms with Crippen LogP contribution < -0.4 is 0 Å². The molecule has 0 N–H and O–H groups in total. The van der Waals surface area contributed by atoms with Crippen LogP contribution >= 0.6 is 0 Å².